The first-order valence-corrected chi connectivity index (χ1v) is 7.17. The minimum absolute atomic E-state index is 0.364. The Balaban J connectivity index is 1.46. The highest BCUT2D eigenvalue weighted by Gasteiger charge is 2.64. The van der Waals surface area contributed by atoms with Crippen molar-refractivity contribution >= 4 is 22.9 Å². The lowest BCUT2D eigenvalue weighted by Crippen LogP contribution is -2.14. The molecular formula is C14H17N3S. The first-order valence-electron chi connectivity index (χ1n) is 6.76. The molecule has 4 unspecified atom stereocenters. The van der Waals surface area contributed by atoms with E-state index >= 15 is 0 Å². The summed E-state index contributed by atoms with van der Waals surface area (Å²) in [5, 5.41) is 3.64. The number of nitrogens with one attached hydrogen (secondary N) is 1. The van der Waals surface area contributed by atoms with Crippen molar-refractivity contribution in [3.63, 3.8) is 0 Å². The number of anilines is 1. The normalized spacial score (nSPS) is 39.4. The summed E-state index contributed by atoms with van der Waals surface area (Å²) < 4.78 is 0. The minimum atomic E-state index is 0.364. The quantitative estimate of drug-likeness (QED) is 0.817. The van der Waals surface area contributed by atoms with Crippen LogP contribution in [0.5, 0.6) is 0 Å². The second-order valence-corrected chi connectivity index (χ2v) is 6.39. The molecule has 18 heavy (non-hydrogen) atoms. The molecule has 3 nitrogen and oxygen atoms in total. The molecule has 94 valence electrons. The Kier molecular flexibility index (Phi) is 2.19. The molecule has 0 spiro atoms. The standard InChI is InChI=1S/C14H17N3S/c15-14(18)10-4-3-9(6-16-10)17-13-11-7-1-2-8(5-7)12(11)13/h3-4,6-8,11-13,17H,1-2,5H2,(H2,15,18). The van der Waals surface area contributed by atoms with E-state index in [2.05, 4.69) is 10.3 Å². The molecule has 0 aliphatic heterocycles. The van der Waals surface area contributed by atoms with Crippen molar-refractivity contribution < 1.29 is 0 Å². The van der Waals surface area contributed by atoms with Gasteiger partial charge in [-0.15, -0.1) is 0 Å². The molecular weight excluding hydrogens is 242 g/mol. The smallest absolute Gasteiger partial charge is 0.122 e. The number of thiocarbonyl (C=S) groups is 1. The molecule has 4 heteroatoms. The van der Waals surface area contributed by atoms with Crippen molar-refractivity contribution in [1.29, 1.82) is 0 Å². The lowest BCUT2D eigenvalue weighted by molar-refractivity contribution is 0.456. The molecule has 3 aliphatic carbocycles. The van der Waals surface area contributed by atoms with Gasteiger partial charge in [-0.05, 0) is 55.1 Å². The van der Waals surface area contributed by atoms with Crippen LogP contribution < -0.4 is 11.1 Å². The molecule has 0 saturated heterocycles. The molecule has 1 aromatic heterocycles. The van der Waals surface area contributed by atoms with Gasteiger partial charge in [-0.25, -0.2) is 0 Å². The van der Waals surface area contributed by atoms with E-state index in [9.17, 15) is 0 Å². The molecule has 4 atom stereocenters. The number of nitrogens with zero attached hydrogens (tertiary/aromatic N) is 1. The molecule has 1 aromatic rings. The van der Waals surface area contributed by atoms with Gasteiger partial charge in [-0.2, -0.15) is 0 Å². The van der Waals surface area contributed by atoms with Crippen molar-refractivity contribution in [3.05, 3.63) is 24.0 Å². The highest BCUT2D eigenvalue weighted by atomic mass is 32.1. The second-order valence-electron chi connectivity index (χ2n) is 5.95. The third-order valence-corrected chi connectivity index (χ3v) is 5.29. The van der Waals surface area contributed by atoms with E-state index in [0.717, 1.165) is 29.4 Å². The zero-order valence-electron chi connectivity index (χ0n) is 10.2. The molecule has 0 aromatic carbocycles. The Hall–Kier alpha value is -1.16. The highest BCUT2D eigenvalue weighted by Crippen LogP contribution is 2.66. The van der Waals surface area contributed by atoms with E-state index in [0.29, 0.717) is 16.7 Å². The number of fused-ring (bicyclic) bond motifs is 5. The van der Waals surface area contributed by atoms with E-state index in [1.165, 1.54) is 19.3 Å². The van der Waals surface area contributed by atoms with E-state index < -0.39 is 0 Å². The summed E-state index contributed by atoms with van der Waals surface area (Å²) in [5.41, 5.74) is 7.35. The molecule has 0 radical (unpaired) electrons. The third-order valence-electron chi connectivity index (χ3n) is 5.08. The average molecular weight is 259 g/mol. The van der Waals surface area contributed by atoms with E-state index in [1.807, 2.05) is 18.3 Å². The predicted octanol–water partition coefficient (Wildman–Crippen LogP) is 2.17. The minimum Gasteiger partial charge on any atom is -0.388 e. The van der Waals surface area contributed by atoms with E-state index in [1.54, 1.807) is 0 Å². The number of hydrogen-bond acceptors (Lipinski definition) is 3. The predicted molar refractivity (Wildman–Crippen MR) is 75.3 cm³/mol. The molecule has 3 N–H and O–H groups in total. The molecule has 0 amide bonds. The second kappa shape index (κ2) is 3.67. The maximum atomic E-state index is 5.55. The Morgan fingerprint density at radius 1 is 1.28 bits per heavy atom. The van der Waals surface area contributed by atoms with Gasteiger partial charge in [0.05, 0.1) is 17.6 Å². The van der Waals surface area contributed by atoms with Gasteiger partial charge in [0.2, 0.25) is 0 Å². The molecule has 2 bridgehead atoms. The molecule has 1 heterocycles. The first-order chi connectivity index (χ1) is 8.74. The number of aromatic nitrogens is 1. The van der Waals surface area contributed by atoms with Gasteiger partial charge < -0.3 is 11.1 Å². The summed E-state index contributed by atoms with van der Waals surface area (Å²) >= 11 is 4.90. The number of rotatable bonds is 3. The number of nitrogens with two attached hydrogens (primary N) is 1. The van der Waals surface area contributed by atoms with Crippen molar-refractivity contribution in [2.24, 2.45) is 29.4 Å². The molecule has 3 aliphatic rings. The average Bonchev–Trinajstić information content (AvgIpc) is 2.78. The van der Waals surface area contributed by atoms with Crippen LogP contribution >= 0.6 is 12.2 Å². The van der Waals surface area contributed by atoms with Crippen molar-refractivity contribution in [2.45, 2.75) is 25.3 Å². The summed E-state index contributed by atoms with van der Waals surface area (Å²) in [5.74, 6) is 3.89. The lowest BCUT2D eigenvalue weighted by Gasteiger charge is -2.11. The van der Waals surface area contributed by atoms with Gasteiger partial charge in [0.25, 0.3) is 0 Å². The summed E-state index contributed by atoms with van der Waals surface area (Å²) in [6, 6.07) is 4.64. The highest BCUT2D eigenvalue weighted by molar-refractivity contribution is 7.80. The van der Waals surface area contributed by atoms with Crippen molar-refractivity contribution in [3.8, 4) is 0 Å². The van der Waals surface area contributed by atoms with Crippen LogP contribution in [0.4, 0.5) is 5.69 Å². The van der Waals surface area contributed by atoms with Crippen LogP contribution in [0.25, 0.3) is 0 Å². The van der Waals surface area contributed by atoms with Crippen LogP contribution in [0.1, 0.15) is 25.0 Å². The molecule has 3 fully saturated rings. The summed E-state index contributed by atoms with van der Waals surface area (Å²) in [4.78, 5) is 4.64. The van der Waals surface area contributed by atoms with Crippen molar-refractivity contribution in [2.75, 3.05) is 5.32 Å². The van der Waals surface area contributed by atoms with Crippen LogP contribution in [0, 0.1) is 23.7 Å². The Bertz CT molecular complexity index is 482. The van der Waals surface area contributed by atoms with Gasteiger partial charge in [0.15, 0.2) is 0 Å². The van der Waals surface area contributed by atoms with Gasteiger partial charge in [0, 0.05) is 6.04 Å². The van der Waals surface area contributed by atoms with E-state index in [4.69, 9.17) is 18.0 Å². The van der Waals surface area contributed by atoms with Crippen LogP contribution in [0.2, 0.25) is 0 Å². The Labute approximate surface area is 112 Å². The van der Waals surface area contributed by atoms with Gasteiger partial charge in [-0.1, -0.05) is 12.2 Å². The summed E-state index contributed by atoms with van der Waals surface area (Å²) in [6.45, 7) is 0. The first kappa shape index (κ1) is 10.7. The lowest BCUT2D eigenvalue weighted by atomic mass is 10.0. The number of pyridine rings is 1. The monoisotopic (exact) mass is 259 g/mol. The fraction of sp³-hybridized carbons (Fsp3) is 0.571. The van der Waals surface area contributed by atoms with Crippen molar-refractivity contribution in [1.82, 2.24) is 4.98 Å². The topological polar surface area (TPSA) is 50.9 Å². The van der Waals surface area contributed by atoms with Crippen LogP contribution in [-0.4, -0.2) is 16.0 Å². The largest absolute Gasteiger partial charge is 0.388 e. The maximum Gasteiger partial charge on any atom is 0.122 e. The third kappa shape index (κ3) is 1.48. The maximum absolute atomic E-state index is 5.55. The van der Waals surface area contributed by atoms with E-state index in [-0.39, 0.29) is 0 Å². The Morgan fingerprint density at radius 3 is 2.56 bits per heavy atom. The zero-order valence-corrected chi connectivity index (χ0v) is 11.0. The van der Waals surface area contributed by atoms with Gasteiger partial charge in [-0.3, -0.25) is 4.98 Å². The molecule has 4 rings (SSSR count). The van der Waals surface area contributed by atoms with Crippen LogP contribution in [-0.2, 0) is 0 Å². The molecule has 3 saturated carbocycles. The Morgan fingerprint density at radius 2 is 2.00 bits per heavy atom. The fourth-order valence-electron chi connectivity index (χ4n) is 4.34. The van der Waals surface area contributed by atoms with Gasteiger partial charge >= 0.3 is 0 Å². The van der Waals surface area contributed by atoms with Gasteiger partial charge in [0.1, 0.15) is 4.99 Å². The number of hydrogen-bond donors (Lipinski definition) is 2. The fourth-order valence-corrected chi connectivity index (χ4v) is 4.46. The zero-order chi connectivity index (χ0) is 12.3. The van der Waals surface area contributed by atoms with Crippen LogP contribution in [0.3, 0.4) is 0 Å². The SMILES string of the molecule is NC(=S)c1ccc(NC2C3C4CCC(C4)C23)cn1. The summed E-state index contributed by atoms with van der Waals surface area (Å²) in [6.07, 6.45) is 6.27. The van der Waals surface area contributed by atoms with Crippen LogP contribution in [0.15, 0.2) is 18.3 Å². The summed E-state index contributed by atoms with van der Waals surface area (Å²) in [7, 11) is 0.